The average molecular weight is 465 g/mol. The Bertz CT molecular complexity index is 1490. The molecule has 3 aromatic heterocycles. The number of anilines is 1. The Morgan fingerprint density at radius 1 is 1.03 bits per heavy atom. The van der Waals surface area contributed by atoms with Gasteiger partial charge in [-0.15, -0.1) is 0 Å². The smallest absolute Gasteiger partial charge is 0.150 e. The van der Waals surface area contributed by atoms with Crippen LogP contribution in [0.2, 0.25) is 0 Å². The third kappa shape index (κ3) is 4.03. The molecule has 1 fully saturated rings. The molecule has 0 unspecified atom stereocenters. The predicted octanol–water partition coefficient (Wildman–Crippen LogP) is 4.68. The molecule has 2 aromatic carbocycles. The van der Waals surface area contributed by atoms with Gasteiger partial charge < -0.3 is 15.8 Å². The van der Waals surface area contributed by atoms with Gasteiger partial charge in [-0.1, -0.05) is 48.5 Å². The zero-order chi connectivity index (χ0) is 23.8. The van der Waals surface area contributed by atoms with Crippen molar-refractivity contribution >= 4 is 22.2 Å². The largest absolute Gasteiger partial charge is 0.383 e. The Hall–Kier alpha value is -3.81. The molecule has 1 aliphatic carbocycles. The van der Waals surface area contributed by atoms with Crippen LogP contribution in [0.5, 0.6) is 0 Å². The minimum absolute atomic E-state index is 0.376. The van der Waals surface area contributed by atoms with E-state index < -0.39 is 0 Å². The van der Waals surface area contributed by atoms with Crippen molar-refractivity contribution in [3.63, 3.8) is 0 Å². The van der Waals surface area contributed by atoms with Gasteiger partial charge in [-0.05, 0) is 25.0 Å². The number of nitrogens with two attached hydrogens (primary N) is 1. The summed E-state index contributed by atoms with van der Waals surface area (Å²) in [6, 6.07) is 21.2. The normalized spacial score (nSPS) is 17.6. The summed E-state index contributed by atoms with van der Waals surface area (Å²) in [5, 5.41) is 4.64. The molecular formula is C28H28N6O. The fraction of sp³-hybridized carbons (Fsp3) is 0.250. The Labute approximate surface area is 204 Å². The van der Waals surface area contributed by atoms with Gasteiger partial charge in [0.05, 0.1) is 17.8 Å². The molecule has 0 spiro atoms. The third-order valence-electron chi connectivity index (χ3n) is 6.89. The second-order valence-electron chi connectivity index (χ2n) is 9.13. The lowest BCUT2D eigenvalue weighted by atomic mass is 9.79. The maximum absolute atomic E-state index is 6.37. The van der Waals surface area contributed by atoms with Crippen LogP contribution in [0.1, 0.15) is 24.6 Å². The fourth-order valence-corrected chi connectivity index (χ4v) is 4.97. The molecule has 0 amide bonds. The van der Waals surface area contributed by atoms with E-state index in [0.717, 1.165) is 70.8 Å². The molecule has 35 heavy (non-hydrogen) atoms. The minimum atomic E-state index is 0.376. The van der Waals surface area contributed by atoms with Crippen LogP contribution in [-0.2, 0) is 4.74 Å². The molecule has 0 atom stereocenters. The van der Waals surface area contributed by atoms with E-state index in [1.807, 2.05) is 24.4 Å². The third-order valence-corrected chi connectivity index (χ3v) is 6.89. The van der Waals surface area contributed by atoms with Crippen LogP contribution in [0.3, 0.4) is 0 Å². The molecule has 6 rings (SSSR count). The average Bonchev–Trinajstić information content (AvgIpc) is 3.26. The van der Waals surface area contributed by atoms with Crippen molar-refractivity contribution in [2.45, 2.75) is 24.8 Å². The van der Waals surface area contributed by atoms with Crippen LogP contribution in [0.15, 0.2) is 73.1 Å². The van der Waals surface area contributed by atoms with E-state index in [1.54, 1.807) is 13.3 Å². The van der Waals surface area contributed by atoms with E-state index in [0.29, 0.717) is 17.8 Å². The van der Waals surface area contributed by atoms with Crippen molar-refractivity contribution in [2.24, 2.45) is 0 Å². The van der Waals surface area contributed by atoms with E-state index in [2.05, 4.69) is 57.2 Å². The maximum atomic E-state index is 6.37. The van der Waals surface area contributed by atoms with Crippen LogP contribution in [0, 0.1) is 0 Å². The molecule has 3 N–H and O–H groups in total. The molecule has 7 heteroatoms. The predicted molar refractivity (Wildman–Crippen MR) is 139 cm³/mol. The highest BCUT2D eigenvalue weighted by molar-refractivity contribution is 5.91. The molecule has 0 aliphatic heterocycles. The number of nitrogens with one attached hydrogen (secondary N) is 1. The topological polar surface area (TPSA) is 90.4 Å². The Kier molecular flexibility index (Phi) is 5.64. The van der Waals surface area contributed by atoms with E-state index in [-0.39, 0.29) is 0 Å². The lowest BCUT2D eigenvalue weighted by molar-refractivity contribution is 0.183. The monoisotopic (exact) mass is 464 g/mol. The van der Waals surface area contributed by atoms with E-state index in [9.17, 15) is 0 Å². The summed E-state index contributed by atoms with van der Waals surface area (Å²) >= 11 is 0. The molecule has 176 valence electrons. The number of hydrogen-bond donors (Lipinski definition) is 2. The molecule has 1 aliphatic rings. The van der Waals surface area contributed by atoms with Crippen molar-refractivity contribution in [2.75, 3.05) is 26.0 Å². The van der Waals surface area contributed by atoms with Crippen molar-refractivity contribution < 1.29 is 4.74 Å². The first-order chi connectivity index (χ1) is 17.2. The molecule has 0 saturated heterocycles. The lowest BCUT2D eigenvalue weighted by Gasteiger charge is -2.35. The Morgan fingerprint density at radius 3 is 2.69 bits per heavy atom. The van der Waals surface area contributed by atoms with Gasteiger partial charge in [-0.25, -0.2) is 15.0 Å². The fourth-order valence-electron chi connectivity index (χ4n) is 4.97. The van der Waals surface area contributed by atoms with E-state index in [1.165, 1.54) is 0 Å². The first-order valence-corrected chi connectivity index (χ1v) is 12.0. The van der Waals surface area contributed by atoms with Gasteiger partial charge in [-0.2, -0.15) is 0 Å². The highest BCUT2D eigenvalue weighted by Crippen LogP contribution is 2.40. The molecule has 1 saturated carbocycles. The number of rotatable bonds is 7. The quantitative estimate of drug-likeness (QED) is 0.340. The van der Waals surface area contributed by atoms with Crippen molar-refractivity contribution in [3.05, 3.63) is 78.9 Å². The number of imidazole rings is 1. The maximum Gasteiger partial charge on any atom is 0.150 e. The summed E-state index contributed by atoms with van der Waals surface area (Å²) < 4.78 is 7.27. The standard InChI is InChI=1S/C28H28N6O/c1-35-14-12-30-22-15-21(16-22)28-33-25(26-27(29)31-11-13-34(26)28)20-8-7-19-9-10-23(32-24(19)17-20)18-5-3-2-4-6-18/h2-11,13,17,21-22,30H,12,14-16H2,1H3,(H2,29,31)/t21-,22+. The van der Waals surface area contributed by atoms with Gasteiger partial charge in [0.25, 0.3) is 0 Å². The number of methoxy groups -OCH3 is 1. The molecule has 0 radical (unpaired) electrons. The number of nitrogens with zero attached hydrogens (tertiary/aromatic N) is 4. The van der Waals surface area contributed by atoms with Gasteiger partial charge in [-0.3, -0.25) is 4.40 Å². The first kappa shape index (κ1) is 21.7. The van der Waals surface area contributed by atoms with E-state index >= 15 is 0 Å². The van der Waals surface area contributed by atoms with Crippen molar-refractivity contribution in [3.8, 4) is 22.5 Å². The summed E-state index contributed by atoms with van der Waals surface area (Å²) in [4.78, 5) is 14.4. The lowest BCUT2D eigenvalue weighted by Crippen LogP contribution is -2.42. The number of fused-ring (bicyclic) bond motifs is 2. The van der Waals surface area contributed by atoms with Crippen LogP contribution >= 0.6 is 0 Å². The summed E-state index contributed by atoms with van der Waals surface area (Å²) in [5.74, 6) is 1.91. The number of hydrogen-bond acceptors (Lipinski definition) is 6. The minimum Gasteiger partial charge on any atom is -0.383 e. The van der Waals surface area contributed by atoms with E-state index in [4.69, 9.17) is 20.4 Å². The zero-order valence-corrected chi connectivity index (χ0v) is 19.7. The molecule has 0 bridgehead atoms. The van der Waals surface area contributed by atoms with Crippen LogP contribution in [0.4, 0.5) is 5.82 Å². The summed E-state index contributed by atoms with van der Waals surface area (Å²) in [5.41, 5.74) is 12.1. The second kappa shape index (κ2) is 9.09. The van der Waals surface area contributed by atoms with Gasteiger partial charge >= 0.3 is 0 Å². The molecule has 5 aromatic rings. The number of nitrogen functional groups attached to an aromatic ring is 1. The van der Waals surface area contributed by atoms with Gasteiger partial charge in [0, 0.05) is 54.5 Å². The van der Waals surface area contributed by atoms with Crippen LogP contribution < -0.4 is 11.1 Å². The van der Waals surface area contributed by atoms with Crippen LogP contribution in [0.25, 0.3) is 38.9 Å². The van der Waals surface area contributed by atoms with Gasteiger partial charge in [0.15, 0.2) is 0 Å². The molecular weight excluding hydrogens is 436 g/mol. The summed E-state index contributed by atoms with van der Waals surface area (Å²) in [7, 11) is 1.73. The van der Waals surface area contributed by atoms with Crippen LogP contribution in [-0.4, -0.2) is 45.7 Å². The number of pyridine rings is 1. The SMILES string of the molecule is COCCN[C@H]1C[C@@H](c2nc(-c3ccc4ccc(-c5ccccc5)nc4c3)c3c(N)nccn32)C1. The number of aromatic nitrogens is 4. The number of benzene rings is 2. The van der Waals surface area contributed by atoms with Gasteiger partial charge in [0.2, 0.25) is 0 Å². The van der Waals surface area contributed by atoms with Crippen molar-refractivity contribution in [1.29, 1.82) is 0 Å². The Balaban J connectivity index is 1.38. The molecule has 7 nitrogen and oxygen atoms in total. The van der Waals surface area contributed by atoms with Crippen molar-refractivity contribution in [1.82, 2.24) is 24.7 Å². The number of ether oxygens (including phenoxy) is 1. The summed E-state index contributed by atoms with van der Waals surface area (Å²) in [6.45, 7) is 1.59. The zero-order valence-electron chi connectivity index (χ0n) is 19.7. The summed E-state index contributed by atoms with van der Waals surface area (Å²) in [6.07, 6.45) is 5.81. The second-order valence-corrected chi connectivity index (χ2v) is 9.13. The Morgan fingerprint density at radius 2 is 1.86 bits per heavy atom. The highest BCUT2D eigenvalue weighted by Gasteiger charge is 2.34. The first-order valence-electron chi connectivity index (χ1n) is 12.0. The molecule has 3 heterocycles. The highest BCUT2D eigenvalue weighted by atomic mass is 16.5. The van der Waals surface area contributed by atoms with Gasteiger partial charge in [0.1, 0.15) is 22.9 Å².